The molecule has 1 amide bonds. The molecule has 0 radical (unpaired) electrons. The summed E-state index contributed by atoms with van der Waals surface area (Å²) >= 11 is 1.63. The Morgan fingerprint density at radius 3 is 2.50 bits per heavy atom. The Kier molecular flexibility index (Phi) is 7.57. The molecule has 2 heterocycles. The molecule has 1 aliphatic rings. The van der Waals surface area contributed by atoms with E-state index in [9.17, 15) is 13.2 Å². The number of sulfone groups is 1. The van der Waals surface area contributed by atoms with Gasteiger partial charge in [0.1, 0.15) is 17.0 Å². The van der Waals surface area contributed by atoms with Crippen molar-refractivity contribution in [3.05, 3.63) is 42.5 Å². The molecule has 0 saturated carbocycles. The van der Waals surface area contributed by atoms with Gasteiger partial charge >= 0.3 is 0 Å². The van der Waals surface area contributed by atoms with Crippen LogP contribution in [0.2, 0.25) is 0 Å². The molecule has 0 N–H and O–H groups in total. The number of amides is 1. The van der Waals surface area contributed by atoms with Gasteiger partial charge in [-0.15, -0.1) is 0 Å². The summed E-state index contributed by atoms with van der Waals surface area (Å²) < 4.78 is 36.9. The normalized spacial score (nSPS) is 14.4. The zero-order chi connectivity index (χ0) is 24.1. The minimum absolute atomic E-state index is 0.00693. The number of aromatic nitrogens is 1. The van der Waals surface area contributed by atoms with E-state index in [4.69, 9.17) is 14.5 Å². The van der Waals surface area contributed by atoms with E-state index in [2.05, 4.69) is 4.90 Å². The van der Waals surface area contributed by atoms with Crippen LogP contribution in [0.4, 0.5) is 5.13 Å². The van der Waals surface area contributed by atoms with E-state index in [0.717, 1.165) is 21.1 Å². The van der Waals surface area contributed by atoms with Gasteiger partial charge in [-0.05, 0) is 49.7 Å². The fraction of sp³-hybridized carbons (Fsp3) is 0.417. The molecule has 0 aliphatic carbocycles. The van der Waals surface area contributed by atoms with E-state index in [0.29, 0.717) is 45.0 Å². The van der Waals surface area contributed by atoms with E-state index in [1.165, 1.54) is 19.2 Å². The van der Waals surface area contributed by atoms with Gasteiger partial charge in [-0.1, -0.05) is 17.4 Å². The summed E-state index contributed by atoms with van der Waals surface area (Å²) in [5.74, 6) is 1.33. The largest absolute Gasteiger partial charge is 0.497 e. The Hall–Kier alpha value is -2.85. The number of hydrogen-bond donors (Lipinski definition) is 0. The third-order valence-corrected chi connectivity index (χ3v) is 8.69. The molecule has 2 aromatic carbocycles. The number of para-hydroxylation sites is 1. The van der Waals surface area contributed by atoms with Gasteiger partial charge in [-0.3, -0.25) is 4.79 Å². The second kappa shape index (κ2) is 10.6. The van der Waals surface area contributed by atoms with Crippen molar-refractivity contribution in [3.8, 4) is 11.5 Å². The lowest BCUT2D eigenvalue weighted by Crippen LogP contribution is -2.48. The van der Waals surface area contributed by atoms with Crippen LogP contribution in [0.25, 0.3) is 10.2 Å². The maximum absolute atomic E-state index is 12.7. The summed E-state index contributed by atoms with van der Waals surface area (Å²) in [5.41, 5.74) is 0.876. The summed E-state index contributed by atoms with van der Waals surface area (Å²) in [5, 5.41) is 0.930. The van der Waals surface area contributed by atoms with Gasteiger partial charge in [0, 0.05) is 32.6 Å². The minimum atomic E-state index is -3.43. The van der Waals surface area contributed by atoms with Crippen LogP contribution in [0, 0.1) is 0 Å². The molecule has 1 fully saturated rings. The summed E-state index contributed by atoms with van der Waals surface area (Å²) in [6.07, 6.45) is 0.514. The highest BCUT2D eigenvalue weighted by atomic mass is 32.2. The van der Waals surface area contributed by atoms with Crippen LogP contribution in [0.1, 0.15) is 19.8 Å². The minimum Gasteiger partial charge on any atom is -0.497 e. The van der Waals surface area contributed by atoms with Crippen LogP contribution in [-0.4, -0.2) is 69.9 Å². The Morgan fingerprint density at radius 2 is 1.82 bits per heavy atom. The van der Waals surface area contributed by atoms with Gasteiger partial charge in [0.2, 0.25) is 5.91 Å². The van der Waals surface area contributed by atoms with E-state index < -0.39 is 9.84 Å². The number of anilines is 1. The van der Waals surface area contributed by atoms with Gasteiger partial charge in [0.15, 0.2) is 15.0 Å². The van der Waals surface area contributed by atoms with Gasteiger partial charge in [0.05, 0.1) is 29.1 Å². The monoisotopic (exact) mass is 503 g/mol. The predicted molar refractivity (Wildman–Crippen MR) is 134 cm³/mol. The number of thiazole rings is 1. The molecule has 0 bridgehead atoms. The zero-order valence-electron chi connectivity index (χ0n) is 19.4. The third-order valence-electron chi connectivity index (χ3n) is 5.80. The third kappa shape index (κ3) is 5.44. The lowest BCUT2D eigenvalue weighted by atomic mass is 10.2. The Morgan fingerprint density at radius 1 is 1.09 bits per heavy atom. The summed E-state index contributed by atoms with van der Waals surface area (Å²) in [4.78, 5) is 21.7. The lowest BCUT2D eigenvalue weighted by Gasteiger charge is -2.34. The number of carbonyl (C=O) groups excluding carboxylic acids is 1. The van der Waals surface area contributed by atoms with Crippen LogP contribution in [-0.2, 0) is 14.6 Å². The van der Waals surface area contributed by atoms with Crippen molar-refractivity contribution in [2.45, 2.75) is 24.7 Å². The van der Waals surface area contributed by atoms with Crippen molar-refractivity contribution in [3.63, 3.8) is 0 Å². The fourth-order valence-corrected chi connectivity index (χ4v) is 6.28. The Balaban J connectivity index is 1.28. The zero-order valence-corrected chi connectivity index (χ0v) is 21.0. The van der Waals surface area contributed by atoms with E-state index in [1.54, 1.807) is 23.5 Å². The fourth-order valence-electron chi connectivity index (χ4n) is 3.94. The summed E-state index contributed by atoms with van der Waals surface area (Å²) in [6.45, 7) is 5.13. The maximum atomic E-state index is 12.7. The molecular formula is C24H29N3O5S2. The lowest BCUT2D eigenvalue weighted by molar-refractivity contribution is -0.131. The number of rotatable bonds is 9. The van der Waals surface area contributed by atoms with Crippen LogP contribution in [0.5, 0.6) is 11.5 Å². The van der Waals surface area contributed by atoms with Crippen LogP contribution in [0.3, 0.4) is 0 Å². The highest BCUT2D eigenvalue weighted by Crippen LogP contribution is 2.34. The smallest absolute Gasteiger partial charge is 0.222 e. The highest BCUT2D eigenvalue weighted by Gasteiger charge is 2.24. The molecule has 0 spiro atoms. The predicted octanol–water partition coefficient (Wildman–Crippen LogP) is 3.61. The topological polar surface area (TPSA) is 89.0 Å². The van der Waals surface area contributed by atoms with Crippen molar-refractivity contribution < 1.29 is 22.7 Å². The Labute approximate surface area is 204 Å². The standard InChI is InChI=1S/C24H29N3O5S2/c1-3-32-20-6-4-7-21-23(20)25-24(33-21)27-15-13-26(14-16-27)22(28)8-5-17-34(29,30)19-11-9-18(31-2)10-12-19/h4,6-7,9-12H,3,5,8,13-17H2,1-2H3. The number of fused-ring (bicyclic) bond motifs is 1. The molecule has 0 unspecified atom stereocenters. The second-order valence-electron chi connectivity index (χ2n) is 8.00. The van der Waals surface area contributed by atoms with Crippen LogP contribution < -0.4 is 14.4 Å². The first-order valence-corrected chi connectivity index (χ1v) is 13.8. The number of hydrogen-bond acceptors (Lipinski definition) is 8. The van der Waals surface area contributed by atoms with Crippen molar-refractivity contribution >= 4 is 42.4 Å². The molecule has 3 aromatic rings. The molecule has 34 heavy (non-hydrogen) atoms. The van der Waals surface area contributed by atoms with Gasteiger partial charge in [0.25, 0.3) is 0 Å². The number of methoxy groups -OCH3 is 1. The van der Waals surface area contributed by atoms with Crippen molar-refractivity contribution in [2.75, 3.05) is 50.5 Å². The van der Waals surface area contributed by atoms with Crippen molar-refractivity contribution in [2.24, 2.45) is 0 Å². The molecule has 1 aliphatic heterocycles. The van der Waals surface area contributed by atoms with Gasteiger partial charge < -0.3 is 19.3 Å². The van der Waals surface area contributed by atoms with Crippen molar-refractivity contribution in [1.29, 1.82) is 0 Å². The second-order valence-corrected chi connectivity index (χ2v) is 11.1. The molecule has 8 nitrogen and oxygen atoms in total. The number of ether oxygens (including phenoxy) is 2. The summed E-state index contributed by atoms with van der Waals surface area (Å²) in [6, 6.07) is 12.3. The number of carbonyl (C=O) groups is 1. The van der Waals surface area contributed by atoms with Gasteiger partial charge in [-0.2, -0.15) is 0 Å². The van der Waals surface area contributed by atoms with Crippen LogP contribution >= 0.6 is 11.3 Å². The molecule has 182 valence electrons. The van der Waals surface area contributed by atoms with Gasteiger partial charge in [-0.25, -0.2) is 13.4 Å². The molecule has 0 atom stereocenters. The first-order valence-electron chi connectivity index (χ1n) is 11.3. The van der Waals surface area contributed by atoms with Crippen molar-refractivity contribution in [1.82, 2.24) is 9.88 Å². The molecular weight excluding hydrogens is 474 g/mol. The Bertz CT molecular complexity index is 1230. The van der Waals surface area contributed by atoms with Crippen LogP contribution in [0.15, 0.2) is 47.4 Å². The average Bonchev–Trinajstić information content (AvgIpc) is 3.30. The number of benzene rings is 2. The summed E-state index contributed by atoms with van der Waals surface area (Å²) in [7, 11) is -1.89. The average molecular weight is 504 g/mol. The molecule has 1 aromatic heterocycles. The SMILES string of the molecule is CCOc1cccc2sc(N3CCN(C(=O)CCCS(=O)(=O)c4ccc(OC)cc4)CC3)nc12. The van der Waals surface area contributed by atoms with E-state index in [-0.39, 0.29) is 23.0 Å². The number of piperazine rings is 1. The molecule has 10 heteroatoms. The quantitative estimate of drug-likeness (QED) is 0.441. The molecule has 4 rings (SSSR count). The molecule has 1 saturated heterocycles. The maximum Gasteiger partial charge on any atom is 0.222 e. The highest BCUT2D eigenvalue weighted by molar-refractivity contribution is 7.91. The first kappa shape index (κ1) is 24.3. The number of nitrogens with zero attached hydrogens (tertiary/aromatic N) is 3. The first-order chi connectivity index (χ1) is 16.4. The van der Waals surface area contributed by atoms with E-state index >= 15 is 0 Å². The van der Waals surface area contributed by atoms with E-state index in [1.807, 2.05) is 30.0 Å².